The standard InChI is InChI=1S/C7H15NO/c1-3-4-5-6-7(2)8-9/h9H,3-6H2,1-2H3. The van der Waals surface area contributed by atoms with Crippen molar-refractivity contribution >= 4 is 5.71 Å². The van der Waals surface area contributed by atoms with Gasteiger partial charge in [-0.05, 0) is 19.8 Å². The summed E-state index contributed by atoms with van der Waals surface area (Å²) in [5.74, 6) is 0. The predicted molar refractivity (Wildman–Crippen MR) is 39.0 cm³/mol. The molecular formula is C7H15NO. The Balaban J connectivity index is 3.07. The van der Waals surface area contributed by atoms with Crippen LogP contribution in [0.3, 0.4) is 0 Å². The largest absolute Gasteiger partial charge is 0.411 e. The molecule has 0 amide bonds. The summed E-state index contributed by atoms with van der Waals surface area (Å²) in [6, 6.07) is 0. The molecule has 0 spiro atoms. The Morgan fingerprint density at radius 3 is 2.56 bits per heavy atom. The Kier molecular flexibility index (Phi) is 5.27. The number of hydrogen-bond donors (Lipinski definition) is 1. The summed E-state index contributed by atoms with van der Waals surface area (Å²) >= 11 is 0. The second-order valence-electron chi connectivity index (χ2n) is 2.29. The molecular weight excluding hydrogens is 114 g/mol. The van der Waals surface area contributed by atoms with Gasteiger partial charge in [-0.1, -0.05) is 24.9 Å². The summed E-state index contributed by atoms with van der Waals surface area (Å²) in [5, 5.41) is 11.3. The third-order valence-electron chi connectivity index (χ3n) is 1.31. The summed E-state index contributed by atoms with van der Waals surface area (Å²) in [4.78, 5) is 0. The van der Waals surface area contributed by atoms with Crippen LogP contribution >= 0.6 is 0 Å². The molecule has 0 atom stereocenters. The lowest BCUT2D eigenvalue weighted by Crippen LogP contribution is -1.89. The van der Waals surface area contributed by atoms with E-state index in [4.69, 9.17) is 5.21 Å². The Morgan fingerprint density at radius 1 is 1.44 bits per heavy atom. The van der Waals surface area contributed by atoms with E-state index >= 15 is 0 Å². The SMILES string of the molecule is CCCCCC(C)=NO. The molecule has 1 N–H and O–H groups in total. The average Bonchev–Trinajstić information content (AvgIpc) is 1.89. The molecule has 0 aromatic carbocycles. The number of oxime groups is 1. The number of unbranched alkanes of at least 4 members (excludes halogenated alkanes) is 2. The molecule has 0 heterocycles. The quantitative estimate of drug-likeness (QED) is 0.269. The lowest BCUT2D eigenvalue weighted by molar-refractivity contribution is 0.317. The highest BCUT2D eigenvalue weighted by Crippen LogP contribution is 1.99. The molecule has 0 saturated carbocycles. The summed E-state index contributed by atoms with van der Waals surface area (Å²) in [5.41, 5.74) is 0.837. The third kappa shape index (κ3) is 5.34. The van der Waals surface area contributed by atoms with Crippen molar-refractivity contribution in [3.8, 4) is 0 Å². The molecule has 0 fully saturated rings. The van der Waals surface area contributed by atoms with Gasteiger partial charge in [0, 0.05) is 0 Å². The Bertz CT molecular complexity index is 88.9. The van der Waals surface area contributed by atoms with Crippen molar-refractivity contribution in [1.29, 1.82) is 0 Å². The van der Waals surface area contributed by atoms with E-state index < -0.39 is 0 Å². The van der Waals surface area contributed by atoms with Crippen LogP contribution in [0.15, 0.2) is 5.16 Å². The van der Waals surface area contributed by atoms with Crippen LogP contribution in [0.25, 0.3) is 0 Å². The molecule has 2 heteroatoms. The fraction of sp³-hybridized carbons (Fsp3) is 0.857. The van der Waals surface area contributed by atoms with Crippen LogP contribution in [0.2, 0.25) is 0 Å². The second kappa shape index (κ2) is 5.60. The third-order valence-corrected chi connectivity index (χ3v) is 1.31. The molecule has 0 aliphatic heterocycles. The van der Waals surface area contributed by atoms with Crippen molar-refractivity contribution < 1.29 is 5.21 Å². The average molecular weight is 129 g/mol. The molecule has 0 radical (unpaired) electrons. The molecule has 0 saturated heterocycles. The van der Waals surface area contributed by atoms with Gasteiger partial charge >= 0.3 is 0 Å². The van der Waals surface area contributed by atoms with Crippen molar-refractivity contribution in [2.24, 2.45) is 5.16 Å². The van der Waals surface area contributed by atoms with Gasteiger partial charge < -0.3 is 5.21 Å². The fourth-order valence-corrected chi connectivity index (χ4v) is 0.681. The van der Waals surface area contributed by atoms with Gasteiger partial charge in [-0.3, -0.25) is 0 Å². The first-order chi connectivity index (χ1) is 4.31. The number of hydrogen-bond acceptors (Lipinski definition) is 2. The molecule has 0 bridgehead atoms. The minimum Gasteiger partial charge on any atom is -0.411 e. The van der Waals surface area contributed by atoms with E-state index in [2.05, 4.69) is 12.1 Å². The van der Waals surface area contributed by atoms with Gasteiger partial charge in [0.05, 0.1) is 5.71 Å². The monoisotopic (exact) mass is 129 g/mol. The maximum atomic E-state index is 8.22. The van der Waals surface area contributed by atoms with Gasteiger partial charge in [-0.25, -0.2) is 0 Å². The van der Waals surface area contributed by atoms with E-state index in [0.29, 0.717) is 0 Å². The Labute approximate surface area is 56.6 Å². The molecule has 0 aliphatic carbocycles. The van der Waals surface area contributed by atoms with Crippen LogP contribution in [-0.2, 0) is 0 Å². The zero-order valence-electron chi connectivity index (χ0n) is 6.22. The van der Waals surface area contributed by atoms with E-state index in [1.165, 1.54) is 12.8 Å². The van der Waals surface area contributed by atoms with Gasteiger partial charge in [-0.15, -0.1) is 0 Å². The van der Waals surface area contributed by atoms with Crippen molar-refractivity contribution in [2.45, 2.75) is 39.5 Å². The predicted octanol–water partition coefficient (Wildman–Crippen LogP) is 2.42. The minimum absolute atomic E-state index is 0.837. The summed E-state index contributed by atoms with van der Waals surface area (Å²) in [6.07, 6.45) is 4.53. The second-order valence-corrected chi connectivity index (χ2v) is 2.29. The topological polar surface area (TPSA) is 32.6 Å². The van der Waals surface area contributed by atoms with Gasteiger partial charge in [0.1, 0.15) is 0 Å². The van der Waals surface area contributed by atoms with Gasteiger partial charge in [-0.2, -0.15) is 0 Å². The molecule has 0 rings (SSSR count). The smallest absolute Gasteiger partial charge is 0.0540 e. The van der Waals surface area contributed by atoms with Crippen molar-refractivity contribution in [2.75, 3.05) is 0 Å². The van der Waals surface area contributed by atoms with Crippen LogP contribution in [-0.4, -0.2) is 10.9 Å². The Morgan fingerprint density at radius 2 is 2.11 bits per heavy atom. The highest BCUT2D eigenvalue weighted by molar-refractivity contribution is 5.81. The molecule has 0 aromatic heterocycles. The first kappa shape index (κ1) is 8.47. The number of nitrogens with zero attached hydrogens (tertiary/aromatic N) is 1. The van der Waals surface area contributed by atoms with Crippen LogP contribution in [0.1, 0.15) is 39.5 Å². The van der Waals surface area contributed by atoms with Crippen molar-refractivity contribution in [3.05, 3.63) is 0 Å². The van der Waals surface area contributed by atoms with E-state index in [1.54, 1.807) is 0 Å². The van der Waals surface area contributed by atoms with E-state index in [1.807, 2.05) is 6.92 Å². The fourth-order valence-electron chi connectivity index (χ4n) is 0.681. The highest BCUT2D eigenvalue weighted by Gasteiger charge is 1.89. The minimum atomic E-state index is 0.837. The van der Waals surface area contributed by atoms with Gasteiger partial charge in [0.15, 0.2) is 0 Å². The molecule has 2 nitrogen and oxygen atoms in total. The number of rotatable bonds is 4. The zero-order valence-corrected chi connectivity index (χ0v) is 6.22. The molecule has 54 valence electrons. The van der Waals surface area contributed by atoms with Crippen LogP contribution in [0.4, 0.5) is 0 Å². The summed E-state index contributed by atoms with van der Waals surface area (Å²) in [7, 11) is 0. The van der Waals surface area contributed by atoms with Gasteiger partial charge in [0.25, 0.3) is 0 Å². The van der Waals surface area contributed by atoms with E-state index in [0.717, 1.165) is 18.6 Å². The first-order valence-electron chi connectivity index (χ1n) is 3.48. The normalized spacial score (nSPS) is 12.0. The van der Waals surface area contributed by atoms with Crippen molar-refractivity contribution in [1.82, 2.24) is 0 Å². The van der Waals surface area contributed by atoms with Crippen LogP contribution in [0, 0.1) is 0 Å². The lowest BCUT2D eigenvalue weighted by atomic mass is 10.1. The van der Waals surface area contributed by atoms with Crippen molar-refractivity contribution in [3.63, 3.8) is 0 Å². The summed E-state index contributed by atoms with van der Waals surface area (Å²) < 4.78 is 0. The molecule has 9 heavy (non-hydrogen) atoms. The maximum Gasteiger partial charge on any atom is 0.0540 e. The zero-order chi connectivity index (χ0) is 7.11. The summed E-state index contributed by atoms with van der Waals surface area (Å²) in [6.45, 7) is 4.00. The molecule has 0 aromatic rings. The van der Waals surface area contributed by atoms with Crippen LogP contribution in [0.5, 0.6) is 0 Å². The van der Waals surface area contributed by atoms with Gasteiger partial charge in [0.2, 0.25) is 0 Å². The van der Waals surface area contributed by atoms with E-state index in [-0.39, 0.29) is 0 Å². The van der Waals surface area contributed by atoms with E-state index in [9.17, 15) is 0 Å². The first-order valence-corrected chi connectivity index (χ1v) is 3.48. The molecule has 0 aliphatic rings. The highest BCUT2D eigenvalue weighted by atomic mass is 16.4. The Hall–Kier alpha value is -0.530. The van der Waals surface area contributed by atoms with Crippen LogP contribution < -0.4 is 0 Å². The lowest BCUT2D eigenvalue weighted by Gasteiger charge is -1.94. The maximum absolute atomic E-state index is 8.22. The molecule has 0 unspecified atom stereocenters.